The molecule has 36 heavy (non-hydrogen) atoms. The van der Waals surface area contributed by atoms with Gasteiger partial charge in [0.05, 0.1) is 30.1 Å². The van der Waals surface area contributed by atoms with E-state index >= 15 is 0 Å². The Labute approximate surface area is 216 Å². The van der Waals surface area contributed by atoms with E-state index in [2.05, 4.69) is 13.2 Å². The average Bonchev–Trinajstić information content (AvgIpc) is 3.32. The number of carbonyl (C=O) groups excluding carboxylic acids is 3. The van der Waals surface area contributed by atoms with Crippen LogP contribution in [0.5, 0.6) is 0 Å². The van der Waals surface area contributed by atoms with Crippen LogP contribution in [0.4, 0.5) is 0 Å². The molecule has 2 bridgehead atoms. The van der Waals surface area contributed by atoms with Crippen LogP contribution >= 0.6 is 0 Å². The predicted octanol–water partition coefficient (Wildman–Crippen LogP) is 2.62. The molecule has 3 saturated heterocycles. The fraction of sp³-hybridized carbons (Fsp3) is 0.750. The van der Waals surface area contributed by atoms with Gasteiger partial charge in [0.25, 0.3) is 0 Å². The SMILES string of the molecule is C=CCN(CCC)C(=O)[C@@H]1[C@H]2C(=O)N([C@H](C)CO)C(C(=O)N(CC=C)C(C)(C)C)C23CC(C)[C@@]1(C)O3. The molecule has 3 rings (SSSR count). The first-order valence-electron chi connectivity index (χ1n) is 13.2. The smallest absolute Gasteiger partial charge is 0.249 e. The number of hydrogen-bond acceptors (Lipinski definition) is 5. The molecule has 0 aromatic carbocycles. The summed E-state index contributed by atoms with van der Waals surface area (Å²) in [5, 5.41) is 10.1. The van der Waals surface area contributed by atoms with Gasteiger partial charge in [-0.2, -0.15) is 0 Å². The first-order valence-corrected chi connectivity index (χ1v) is 13.2. The van der Waals surface area contributed by atoms with E-state index in [1.165, 1.54) is 4.90 Å². The molecule has 0 radical (unpaired) electrons. The zero-order valence-corrected chi connectivity index (χ0v) is 23.1. The molecule has 3 unspecified atom stereocenters. The molecule has 3 heterocycles. The van der Waals surface area contributed by atoms with E-state index in [0.29, 0.717) is 26.1 Å². The van der Waals surface area contributed by atoms with Crippen LogP contribution in [0, 0.1) is 17.8 Å². The van der Waals surface area contributed by atoms with Crippen LogP contribution in [0.1, 0.15) is 61.3 Å². The van der Waals surface area contributed by atoms with Crippen molar-refractivity contribution in [2.75, 3.05) is 26.2 Å². The summed E-state index contributed by atoms with van der Waals surface area (Å²) < 4.78 is 6.80. The second-order valence-electron chi connectivity index (χ2n) is 12.0. The zero-order chi connectivity index (χ0) is 27.2. The van der Waals surface area contributed by atoms with Crippen LogP contribution < -0.4 is 0 Å². The monoisotopic (exact) mass is 503 g/mol. The number of amides is 3. The van der Waals surface area contributed by atoms with Gasteiger partial charge in [-0.3, -0.25) is 14.4 Å². The molecule has 3 aliphatic heterocycles. The number of rotatable bonds is 10. The van der Waals surface area contributed by atoms with Gasteiger partial charge in [0.1, 0.15) is 11.6 Å². The van der Waals surface area contributed by atoms with E-state index in [9.17, 15) is 19.5 Å². The normalized spacial score (nSPS) is 33.9. The fourth-order valence-corrected chi connectivity index (χ4v) is 6.78. The standard InChI is InChI=1S/C28H45N3O5/c1-10-13-29(14-11-2)23(33)20-21-24(34)31(19(5)17-32)22(25(35)30(15-12-3)26(6,7)8)28(21)16-18(4)27(20,9)36-28/h10,12,18-22,32H,1,3,11,13-17H2,2,4-9H3/t18?,19-,20+,21+,22?,27-,28?/m1/s1. The van der Waals surface area contributed by atoms with Gasteiger partial charge in [-0.05, 0) is 53.4 Å². The molecule has 8 heteroatoms. The van der Waals surface area contributed by atoms with E-state index in [1.54, 1.807) is 28.9 Å². The number of nitrogens with zero attached hydrogens (tertiary/aromatic N) is 3. The minimum atomic E-state index is -1.14. The van der Waals surface area contributed by atoms with Crippen molar-refractivity contribution in [2.45, 2.75) is 90.1 Å². The van der Waals surface area contributed by atoms with E-state index < -0.39 is 40.7 Å². The molecule has 1 spiro atoms. The quantitative estimate of drug-likeness (QED) is 0.463. The summed E-state index contributed by atoms with van der Waals surface area (Å²) in [4.78, 5) is 47.5. The second kappa shape index (κ2) is 9.93. The maximum Gasteiger partial charge on any atom is 0.249 e. The predicted molar refractivity (Wildman–Crippen MR) is 139 cm³/mol. The summed E-state index contributed by atoms with van der Waals surface area (Å²) in [6.07, 6.45) is 4.65. The maximum atomic E-state index is 14.3. The second-order valence-corrected chi connectivity index (χ2v) is 12.0. The highest BCUT2D eigenvalue weighted by atomic mass is 16.5. The summed E-state index contributed by atoms with van der Waals surface area (Å²) >= 11 is 0. The van der Waals surface area contributed by atoms with Crippen LogP contribution in [0.15, 0.2) is 25.3 Å². The van der Waals surface area contributed by atoms with E-state index in [1.807, 2.05) is 41.5 Å². The maximum absolute atomic E-state index is 14.3. The van der Waals surface area contributed by atoms with Gasteiger partial charge < -0.3 is 24.5 Å². The molecule has 1 N–H and O–H groups in total. The molecule has 7 atom stereocenters. The Bertz CT molecular complexity index is 913. The van der Waals surface area contributed by atoms with Crippen molar-refractivity contribution in [2.24, 2.45) is 17.8 Å². The summed E-state index contributed by atoms with van der Waals surface area (Å²) in [5.74, 6) is -2.19. The molecular formula is C28H45N3O5. The van der Waals surface area contributed by atoms with Gasteiger partial charge in [0, 0.05) is 25.2 Å². The average molecular weight is 504 g/mol. The van der Waals surface area contributed by atoms with Crippen molar-refractivity contribution in [1.29, 1.82) is 0 Å². The Balaban J connectivity index is 2.18. The third kappa shape index (κ3) is 4.10. The summed E-state index contributed by atoms with van der Waals surface area (Å²) in [5.41, 5.74) is -2.54. The van der Waals surface area contributed by atoms with Gasteiger partial charge in [0.2, 0.25) is 17.7 Å². The van der Waals surface area contributed by atoms with Crippen LogP contribution in [0.25, 0.3) is 0 Å². The number of aliphatic hydroxyl groups excluding tert-OH is 1. The molecule has 3 fully saturated rings. The van der Waals surface area contributed by atoms with Crippen molar-refractivity contribution in [1.82, 2.24) is 14.7 Å². The molecule has 0 aliphatic carbocycles. The lowest BCUT2D eigenvalue weighted by molar-refractivity contribution is -0.159. The van der Waals surface area contributed by atoms with Crippen molar-refractivity contribution in [3.63, 3.8) is 0 Å². The van der Waals surface area contributed by atoms with Crippen molar-refractivity contribution >= 4 is 17.7 Å². The topological polar surface area (TPSA) is 90.4 Å². The molecular weight excluding hydrogens is 458 g/mol. The van der Waals surface area contributed by atoms with Crippen LogP contribution in [0.3, 0.4) is 0 Å². The lowest BCUT2D eigenvalue weighted by Gasteiger charge is -2.43. The summed E-state index contributed by atoms with van der Waals surface area (Å²) in [6.45, 7) is 22.1. The highest BCUT2D eigenvalue weighted by Gasteiger charge is 2.80. The molecule has 202 valence electrons. The van der Waals surface area contributed by atoms with Gasteiger partial charge in [0.15, 0.2) is 0 Å². The highest BCUT2D eigenvalue weighted by molar-refractivity contribution is 5.99. The Morgan fingerprint density at radius 2 is 1.86 bits per heavy atom. The minimum Gasteiger partial charge on any atom is -0.394 e. The minimum absolute atomic E-state index is 0.0371. The molecule has 0 aromatic rings. The van der Waals surface area contributed by atoms with Gasteiger partial charge in [-0.25, -0.2) is 0 Å². The summed E-state index contributed by atoms with van der Waals surface area (Å²) in [7, 11) is 0. The lowest BCUT2D eigenvalue weighted by atomic mass is 9.62. The van der Waals surface area contributed by atoms with Crippen LogP contribution in [-0.2, 0) is 19.1 Å². The zero-order valence-electron chi connectivity index (χ0n) is 23.1. The van der Waals surface area contributed by atoms with Gasteiger partial charge in [-0.15, -0.1) is 13.2 Å². The van der Waals surface area contributed by atoms with Gasteiger partial charge >= 0.3 is 0 Å². The number of hydrogen-bond donors (Lipinski definition) is 1. The van der Waals surface area contributed by atoms with Crippen molar-refractivity contribution in [3.05, 3.63) is 25.3 Å². The number of aliphatic hydroxyl groups is 1. The third-order valence-corrected chi connectivity index (χ3v) is 8.53. The third-order valence-electron chi connectivity index (χ3n) is 8.53. The largest absolute Gasteiger partial charge is 0.394 e. The van der Waals surface area contributed by atoms with E-state index in [-0.39, 0.29) is 30.2 Å². The lowest BCUT2D eigenvalue weighted by Crippen LogP contribution is -2.61. The Morgan fingerprint density at radius 3 is 2.36 bits per heavy atom. The Morgan fingerprint density at radius 1 is 1.25 bits per heavy atom. The van der Waals surface area contributed by atoms with Crippen molar-refractivity contribution < 1.29 is 24.2 Å². The Kier molecular flexibility index (Phi) is 7.83. The Hall–Kier alpha value is -2.19. The molecule has 3 aliphatic rings. The van der Waals surface area contributed by atoms with Crippen LogP contribution in [0.2, 0.25) is 0 Å². The number of fused-ring (bicyclic) bond motifs is 1. The first-order chi connectivity index (χ1) is 16.8. The highest BCUT2D eigenvalue weighted by Crippen LogP contribution is 2.65. The number of likely N-dealkylation sites (tertiary alicyclic amines) is 1. The molecule has 8 nitrogen and oxygen atoms in total. The van der Waals surface area contributed by atoms with Gasteiger partial charge in [-0.1, -0.05) is 26.0 Å². The van der Waals surface area contributed by atoms with Crippen molar-refractivity contribution in [3.8, 4) is 0 Å². The number of carbonyl (C=O) groups is 3. The van der Waals surface area contributed by atoms with E-state index in [0.717, 1.165) is 6.42 Å². The molecule has 0 aromatic heterocycles. The first kappa shape index (κ1) is 28.4. The van der Waals surface area contributed by atoms with Crippen LogP contribution in [-0.4, -0.2) is 92.6 Å². The fourth-order valence-electron chi connectivity index (χ4n) is 6.78. The molecule has 3 amide bonds. The molecule has 0 saturated carbocycles. The van der Waals surface area contributed by atoms with E-state index in [4.69, 9.17) is 4.74 Å². The summed E-state index contributed by atoms with van der Waals surface area (Å²) in [6, 6.07) is -1.53. The number of ether oxygens (including phenoxy) is 1.